The lowest BCUT2D eigenvalue weighted by molar-refractivity contribution is -0.129. The number of nitrogens with zero attached hydrogens (tertiary/aromatic N) is 1. The third kappa shape index (κ3) is 2.90. The monoisotopic (exact) mass is 284 g/mol. The maximum Gasteiger partial charge on any atom is 0.224 e. The largest absolute Gasteiger partial charge is 0.334 e. The summed E-state index contributed by atoms with van der Waals surface area (Å²) in [6.07, 6.45) is 0.263. The van der Waals surface area contributed by atoms with Gasteiger partial charge in [-0.15, -0.1) is 0 Å². The van der Waals surface area contributed by atoms with Gasteiger partial charge in [-0.25, -0.2) is 4.39 Å². The first-order chi connectivity index (χ1) is 8.90. The minimum atomic E-state index is -0.406. The fourth-order valence-corrected chi connectivity index (χ4v) is 2.72. The lowest BCUT2D eigenvalue weighted by atomic mass is 9.99. The van der Waals surface area contributed by atoms with Crippen molar-refractivity contribution in [1.29, 1.82) is 0 Å². The molecule has 0 spiro atoms. The van der Waals surface area contributed by atoms with E-state index in [4.69, 9.17) is 17.3 Å². The van der Waals surface area contributed by atoms with Gasteiger partial charge in [-0.2, -0.15) is 0 Å². The molecule has 1 heterocycles. The molecule has 5 heteroatoms. The van der Waals surface area contributed by atoms with Crippen molar-refractivity contribution >= 4 is 17.5 Å². The van der Waals surface area contributed by atoms with Crippen molar-refractivity contribution in [1.82, 2.24) is 4.90 Å². The van der Waals surface area contributed by atoms with Gasteiger partial charge in [0.2, 0.25) is 5.91 Å². The van der Waals surface area contributed by atoms with Gasteiger partial charge in [0.25, 0.3) is 0 Å². The van der Waals surface area contributed by atoms with Crippen LogP contribution in [0.25, 0.3) is 0 Å². The zero-order valence-electron chi connectivity index (χ0n) is 11.1. The zero-order valence-corrected chi connectivity index (χ0v) is 11.8. The molecular formula is C14H18ClFN2O. The molecule has 0 radical (unpaired) electrons. The van der Waals surface area contributed by atoms with Gasteiger partial charge in [-0.1, -0.05) is 31.5 Å². The standard InChI is InChI=1S/C14H18ClFN2O/c1-8(2)7-18-13(19)6-12(17)14(18)10-4-3-9(15)5-11(10)16/h3-5,8,12,14H,6-7,17H2,1-2H3. The first-order valence-electron chi connectivity index (χ1n) is 6.40. The molecule has 1 aliphatic rings. The van der Waals surface area contributed by atoms with Gasteiger partial charge >= 0.3 is 0 Å². The highest BCUT2D eigenvalue weighted by Crippen LogP contribution is 2.34. The van der Waals surface area contributed by atoms with Crippen LogP contribution in [0.2, 0.25) is 5.02 Å². The molecule has 19 heavy (non-hydrogen) atoms. The Morgan fingerprint density at radius 2 is 2.21 bits per heavy atom. The van der Waals surface area contributed by atoms with E-state index in [1.807, 2.05) is 13.8 Å². The van der Waals surface area contributed by atoms with Crippen LogP contribution in [0.15, 0.2) is 18.2 Å². The summed E-state index contributed by atoms with van der Waals surface area (Å²) in [5.74, 6) is -0.107. The molecular weight excluding hydrogens is 267 g/mol. The quantitative estimate of drug-likeness (QED) is 0.928. The number of hydrogen-bond donors (Lipinski definition) is 1. The van der Waals surface area contributed by atoms with Crippen LogP contribution in [-0.4, -0.2) is 23.4 Å². The molecule has 1 amide bonds. The van der Waals surface area contributed by atoms with Crippen molar-refractivity contribution in [2.24, 2.45) is 11.7 Å². The van der Waals surface area contributed by atoms with Gasteiger partial charge in [-0.05, 0) is 18.1 Å². The molecule has 104 valence electrons. The van der Waals surface area contributed by atoms with Crippen molar-refractivity contribution in [2.75, 3.05) is 6.54 Å². The summed E-state index contributed by atoms with van der Waals surface area (Å²) >= 11 is 5.76. The van der Waals surface area contributed by atoms with Crippen LogP contribution in [0.3, 0.4) is 0 Å². The third-order valence-electron chi connectivity index (χ3n) is 3.31. The first-order valence-corrected chi connectivity index (χ1v) is 6.78. The Balaban J connectivity index is 2.36. The van der Waals surface area contributed by atoms with Gasteiger partial charge in [0.05, 0.1) is 6.04 Å². The highest BCUT2D eigenvalue weighted by Gasteiger charge is 2.39. The van der Waals surface area contributed by atoms with Gasteiger partial charge in [0, 0.05) is 29.6 Å². The number of rotatable bonds is 3. The van der Waals surface area contributed by atoms with Crippen molar-refractivity contribution in [3.8, 4) is 0 Å². The zero-order chi connectivity index (χ0) is 14.2. The minimum Gasteiger partial charge on any atom is -0.334 e. The lowest BCUT2D eigenvalue weighted by Gasteiger charge is -2.29. The van der Waals surface area contributed by atoms with E-state index in [0.717, 1.165) is 0 Å². The SMILES string of the molecule is CC(C)CN1C(=O)CC(N)C1c1ccc(Cl)cc1F. The van der Waals surface area contributed by atoms with Crippen LogP contribution in [0.1, 0.15) is 31.9 Å². The van der Waals surface area contributed by atoms with E-state index in [2.05, 4.69) is 0 Å². The van der Waals surface area contributed by atoms with E-state index in [1.165, 1.54) is 6.07 Å². The summed E-state index contributed by atoms with van der Waals surface area (Å²) in [5.41, 5.74) is 6.46. The predicted molar refractivity (Wildman–Crippen MR) is 73.3 cm³/mol. The second kappa shape index (κ2) is 5.47. The Hall–Kier alpha value is -1.13. The minimum absolute atomic E-state index is 0.0134. The number of likely N-dealkylation sites (tertiary alicyclic amines) is 1. The fourth-order valence-electron chi connectivity index (χ4n) is 2.57. The summed E-state index contributed by atoms with van der Waals surface area (Å²) < 4.78 is 14.0. The molecule has 2 atom stereocenters. The fraction of sp³-hybridized carbons (Fsp3) is 0.500. The van der Waals surface area contributed by atoms with Crippen molar-refractivity contribution in [2.45, 2.75) is 32.4 Å². The van der Waals surface area contributed by atoms with Crippen molar-refractivity contribution in [3.05, 3.63) is 34.6 Å². The van der Waals surface area contributed by atoms with E-state index in [9.17, 15) is 9.18 Å². The highest BCUT2D eigenvalue weighted by atomic mass is 35.5. The molecule has 0 aromatic heterocycles. The second-order valence-corrected chi connectivity index (χ2v) is 5.86. The molecule has 2 rings (SSSR count). The van der Waals surface area contributed by atoms with E-state index < -0.39 is 11.9 Å². The first kappa shape index (κ1) is 14.3. The van der Waals surface area contributed by atoms with Crippen LogP contribution < -0.4 is 5.73 Å². The maximum absolute atomic E-state index is 14.0. The Bertz CT molecular complexity index is 492. The second-order valence-electron chi connectivity index (χ2n) is 5.42. The molecule has 2 unspecified atom stereocenters. The lowest BCUT2D eigenvalue weighted by Crippen LogP contribution is -2.36. The molecule has 1 saturated heterocycles. The normalized spacial score (nSPS) is 23.5. The molecule has 0 bridgehead atoms. The number of nitrogens with two attached hydrogens (primary N) is 1. The van der Waals surface area contributed by atoms with Crippen LogP contribution in [0.4, 0.5) is 4.39 Å². The molecule has 1 aromatic carbocycles. The molecule has 1 aromatic rings. The molecule has 1 aliphatic heterocycles. The van der Waals surface area contributed by atoms with E-state index >= 15 is 0 Å². The topological polar surface area (TPSA) is 46.3 Å². The molecule has 3 nitrogen and oxygen atoms in total. The van der Waals surface area contributed by atoms with Crippen LogP contribution >= 0.6 is 11.6 Å². The number of benzene rings is 1. The number of amides is 1. The van der Waals surface area contributed by atoms with E-state index in [1.54, 1.807) is 17.0 Å². The Morgan fingerprint density at radius 3 is 2.79 bits per heavy atom. The van der Waals surface area contributed by atoms with Crippen LogP contribution in [0.5, 0.6) is 0 Å². The average molecular weight is 285 g/mol. The van der Waals surface area contributed by atoms with Gasteiger partial charge in [0.15, 0.2) is 0 Å². The highest BCUT2D eigenvalue weighted by molar-refractivity contribution is 6.30. The Morgan fingerprint density at radius 1 is 1.53 bits per heavy atom. The van der Waals surface area contributed by atoms with Crippen molar-refractivity contribution in [3.63, 3.8) is 0 Å². The van der Waals surface area contributed by atoms with Crippen molar-refractivity contribution < 1.29 is 9.18 Å². The summed E-state index contributed by atoms with van der Waals surface area (Å²) in [7, 11) is 0. The molecule has 1 fully saturated rings. The molecule has 2 N–H and O–H groups in total. The summed E-state index contributed by atoms with van der Waals surface area (Å²) in [6.45, 7) is 4.62. The summed E-state index contributed by atoms with van der Waals surface area (Å²) in [5, 5.41) is 0.342. The van der Waals surface area contributed by atoms with Gasteiger partial charge in [-0.3, -0.25) is 4.79 Å². The number of carbonyl (C=O) groups excluding carboxylic acids is 1. The number of hydrogen-bond acceptors (Lipinski definition) is 2. The van der Waals surface area contributed by atoms with Gasteiger partial charge < -0.3 is 10.6 Å². The molecule has 0 saturated carbocycles. The summed E-state index contributed by atoms with van der Waals surface area (Å²) in [4.78, 5) is 13.7. The van der Waals surface area contributed by atoms with Gasteiger partial charge in [0.1, 0.15) is 5.82 Å². The smallest absolute Gasteiger partial charge is 0.224 e. The van der Waals surface area contributed by atoms with E-state index in [-0.39, 0.29) is 18.4 Å². The van der Waals surface area contributed by atoms with E-state index in [0.29, 0.717) is 23.0 Å². The van der Waals surface area contributed by atoms with Crippen LogP contribution in [0, 0.1) is 11.7 Å². The predicted octanol–water partition coefficient (Wildman–Crippen LogP) is 2.74. The number of carbonyl (C=O) groups is 1. The summed E-state index contributed by atoms with van der Waals surface area (Å²) in [6, 6.07) is 3.74. The Labute approximate surface area is 117 Å². The average Bonchev–Trinajstić information content (AvgIpc) is 2.54. The number of halogens is 2. The van der Waals surface area contributed by atoms with Crippen LogP contribution in [-0.2, 0) is 4.79 Å². The molecule has 0 aliphatic carbocycles. The third-order valence-corrected chi connectivity index (χ3v) is 3.55. The Kier molecular flexibility index (Phi) is 4.11. The maximum atomic E-state index is 14.0.